The summed E-state index contributed by atoms with van der Waals surface area (Å²) in [7, 11) is 0. The van der Waals surface area contributed by atoms with Gasteiger partial charge in [-0.2, -0.15) is 0 Å². The smallest absolute Gasteiger partial charge is 0.224 e. The molecule has 0 aliphatic carbocycles. The summed E-state index contributed by atoms with van der Waals surface area (Å²) in [5, 5.41) is -0.256. The molecule has 0 aliphatic rings. The van der Waals surface area contributed by atoms with Gasteiger partial charge >= 0.3 is 0 Å². The van der Waals surface area contributed by atoms with Gasteiger partial charge in [0.25, 0.3) is 0 Å². The SMILES string of the molecule is C=CC=CC(=CC)CCC(C)C(=O)Cl. The Balaban J connectivity index is 4.03. The summed E-state index contributed by atoms with van der Waals surface area (Å²) in [6.45, 7) is 7.43. The van der Waals surface area contributed by atoms with Crippen LogP contribution < -0.4 is 0 Å². The molecule has 0 heterocycles. The molecule has 0 saturated carbocycles. The van der Waals surface area contributed by atoms with E-state index in [0.717, 1.165) is 12.8 Å². The zero-order valence-electron chi connectivity index (χ0n) is 8.79. The second kappa shape index (κ2) is 7.57. The van der Waals surface area contributed by atoms with Crippen molar-refractivity contribution in [1.29, 1.82) is 0 Å². The number of carbonyl (C=O) groups is 1. The Morgan fingerprint density at radius 1 is 1.57 bits per heavy atom. The maximum absolute atomic E-state index is 10.8. The Hall–Kier alpha value is -0.820. The number of hydrogen-bond acceptors (Lipinski definition) is 1. The first-order valence-corrected chi connectivity index (χ1v) is 5.13. The van der Waals surface area contributed by atoms with Crippen molar-refractivity contribution < 1.29 is 4.79 Å². The van der Waals surface area contributed by atoms with Gasteiger partial charge in [-0.15, -0.1) is 0 Å². The van der Waals surface area contributed by atoms with Crippen LogP contribution in [-0.4, -0.2) is 5.24 Å². The van der Waals surface area contributed by atoms with Crippen LogP contribution in [0, 0.1) is 5.92 Å². The summed E-state index contributed by atoms with van der Waals surface area (Å²) in [5.41, 5.74) is 1.20. The van der Waals surface area contributed by atoms with Gasteiger partial charge in [-0.05, 0) is 31.4 Å². The molecule has 0 aromatic heterocycles. The molecule has 78 valence electrons. The Labute approximate surface area is 91.1 Å². The van der Waals surface area contributed by atoms with Gasteiger partial charge in [0.15, 0.2) is 0 Å². The third kappa shape index (κ3) is 5.76. The van der Waals surface area contributed by atoms with E-state index in [0.29, 0.717) is 0 Å². The quantitative estimate of drug-likeness (QED) is 0.483. The molecule has 0 N–H and O–H groups in total. The van der Waals surface area contributed by atoms with Gasteiger partial charge < -0.3 is 0 Å². The standard InChI is InChI=1S/C12H17ClO/c1-4-6-7-11(5-2)9-8-10(3)12(13)14/h4-7,10H,1,8-9H2,2-3H3. The van der Waals surface area contributed by atoms with Crippen LogP contribution in [0.15, 0.2) is 36.5 Å². The molecule has 14 heavy (non-hydrogen) atoms. The topological polar surface area (TPSA) is 17.1 Å². The van der Waals surface area contributed by atoms with Gasteiger partial charge in [0, 0.05) is 5.92 Å². The minimum Gasteiger partial charge on any atom is -0.281 e. The van der Waals surface area contributed by atoms with Crippen LogP contribution in [0.3, 0.4) is 0 Å². The zero-order chi connectivity index (χ0) is 11.0. The maximum atomic E-state index is 10.8. The molecule has 0 aromatic carbocycles. The van der Waals surface area contributed by atoms with Crippen molar-refractivity contribution in [2.24, 2.45) is 5.92 Å². The normalized spacial score (nSPS) is 14.4. The molecule has 0 spiro atoms. The molecule has 1 atom stereocenters. The summed E-state index contributed by atoms with van der Waals surface area (Å²) in [5.74, 6) is -0.0660. The summed E-state index contributed by atoms with van der Waals surface area (Å²) in [6.07, 6.45) is 9.33. The van der Waals surface area contributed by atoms with Crippen LogP contribution in [0.25, 0.3) is 0 Å². The van der Waals surface area contributed by atoms with E-state index in [9.17, 15) is 4.79 Å². The Morgan fingerprint density at radius 2 is 2.21 bits per heavy atom. The van der Waals surface area contributed by atoms with Crippen molar-refractivity contribution in [1.82, 2.24) is 0 Å². The van der Waals surface area contributed by atoms with Gasteiger partial charge in [0.05, 0.1) is 0 Å². The second-order valence-corrected chi connectivity index (χ2v) is 3.57. The van der Waals surface area contributed by atoms with Crippen molar-refractivity contribution in [3.63, 3.8) is 0 Å². The van der Waals surface area contributed by atoms with Crippen LogP contribution >= 0.6 is 11.6 Å². The third-order valence-corrected chi connectivity index (χ3v) is 2.44. The second-order valence-electron chi connectivity index (χ2n) is 3.20. The lowest BCUT2D eigenvalue weighted by molar-refractivity contribution is -0.114. The highest BCUT2D eigenvalue weighted by molar-refractivity contribution is 6.63. The molecule has 0 amide bonds. The fraction of sp³-hybridized carbons (Fsp3) is 0.417. The summed E-state index contributed by atoms with van der Waals surface area (Å²) < 4.78 is 0. The van der Waals surface area contributed by atoms with Crippen LogP contribution in [0.4, 0.5) is 0 Å². The first-order valence-electron chi connectivity index (χ1n) is 4.75. The largest absolute Gasteiger partial charge is 0.281 e. The zero-order valence-corrected chi connectivity index (χ0v) is 9.55. The first-order chi connectivity index (χ1) is 6.61. The number of halogens is 1. The molecule has 0 saturated heterocycles. The maximum Gasteiger partial charge on any atom is 0.224 e. The van der Waals surface area contributed by atoms with Crippen LogP contribution in [0.5, 0.6) is 0 Å². The molecular formula is C12H17ClO. The van der Waals surface area contributed by atoms with E-state index < -0.39 is 0 Å². The predicted molar refractivity (Wildman–Crippen MR) is 62.4 cm³/mol. The van der Waals surface area contributed by atoms with Crippen LogP contribution in [0.1, 0.15) is 26.7 Å². The molecule has 0 bridgehead atoms. The minimum absolute atomic E-state index is 0.0660. The molecule has 2 heteroatoms. The van der Waals surface area contributed by atoms with E-state index in [1.54, 1.807) is 6.08 Å². The van der Waals surface area contributed by atoms with E-state index in [1.165, 1.54) is 5.57 Å². The Morgan fingerprint density at radius 3 is 2.64 bits per heavy atom. The predicted octanol–water partition coefficient (Wildman–Crippen LogP) is 3.86. The fourth-order valence-electron chi connectivity index (χ4n) is 1.01. The van der Waals surface area contributed by atoms with Crippen molar-refractivity contribution in [3.05, 3.63) is 36.5 Å². The molecular weight excluding hydrogens is 196 g/mol. The number of hydrogen-bond donors (Lipinski definition) is 0. The van der Waals surface area contributed by atoms with E-state index in [-0.39, 0.29) is 11.2 Å². The summed E-state index contributed by atoms with van der Waals surface area (Å²) in [4.78, 5) is 10.8. The lowest BCUT2D eigenvalue weighted by Crippen LogP contribution is -2.03. The van der Waals surface area contributed by atoms with Crippen molar-refractivity contribution in [2.75, 3.05) is 0 Å². The summed E-state index contributed by atoms with van der Waals surface area (Å²) >= 11 is 5.37. The van der Waals surface area contributed by atoms with Crippen LogP contribution in [-0.2, 0) is 4.79 Å². The highest BCUT2D eigenvalue weighted by Crippen LogP contribution is 2.15. The fourth-order valence-corrected chi connectivity index (χ4v) is 1.12. The monoisotopic (exact) mass is 212 g/mol. The third-order valence-electron chi connectivity index (χ3n) is 2.07. The average molecular weight is 213 g/mol. The lowest BCUT2D eigenvalue weighted by atomic mass is 10.0. The first kappa shape index (κ1) is 13.2. The summed E-state index contributed by atoms with van der Waals surface area (Å²) in [6, 6.07) is 0. The Bertz CT molecular complexity index is 251. The molecule has 0 radical (unpaired) electrons. The molecule has 1 nitrogen and oxygen atoms in total. The van der Waals surface area contributed by atoms with E-state index in [2.05, 4.69) is 6.58 Å². The minimum atomic E-state index is -0.256. The van der Waals surface area contributed by atoms with E-state index in [1.807, 2.05) is 32.1 Å². The highest BCUT2D eigenvalue weighted by atomic mass is 35.5. The van der Waals surface area contributed by atoms with Gasteiger partial charge in [-0.3, -0.25) is 4.79 Å². The lowest BCUT2D eigenvalue weighted by Gasteiger charge is -2.05. The molecule has 1 unspecified atom stereocenters. The van der Waals surface area contributed by atoms with E-state index >= 15 is 0 Å². The van der Waals surface area contributed by atoms with Crippen molar-refractivity contribution in [3.8, 4) is 0 Å². The van der Waals surface area contributed by atoms with Gasteiger partial charge in [-0.1, -0.05) is 43.4 Å². The molecule has 0 aliphatic heterocycles. The molecule has 0 aromatic rings. The molecule has 0 rings (SSSR count). The Kier molecular flexibility index (Phi) is 7.13. The van der Waals surface area contributed by atoms with Gasteiger partial charge in [0.2, 0.25) is 5.24 Å². The van der Waals surface area contributed by atoms with Gasteiger partial charge in [0.1, 0.15) is 0 Å². The van der Waals surface area contributed by atoms with Crippen molar-refractivity contribution >= 4 is 16.8 Å². The number of allylic oxidation sites excluding steroid dienone is 5. The van der Waals surface area contributed by atoms with Crippen molar-refractivity contribution in [2.45, 2.75) is 26.7 Å². The van der Waals surface area contributed by atoms with Crippen LogP contribution in [0.2, 0.25) is 0 Å². The number of rotatable bonds is 6. The van der Waals surface area contributed by atoms with E-state index in [4.69, 9.17) is 11.6 Å². The highest BCUT2D eigenvalue weighted by Gasteiger charge is 2.09. The molecule has 0 fully saturated rings. The average Bonchev–Trinajstić information content (AvgIpc) is 2.17. The van der Waals surface area contributed by atoms with Gasteiger partial charge in [-0.25, -0.2) is 0 Å². The number of carbonyl (C=O) groups excluding carboxylic acids is 1.